The average molecular weight is 272 g/mol. The summed E-state index contributed by atoms with van der Waals surface area (Å²) in [5.74, 6) is 0.932. The van der Waals surface area contributed by atoms with Crippen LogP contribution < -0.4 is 10.6 Å². The summed E-state index contributed by atoms with van der Waals surface area (Å²) in [6.07, 6.45) is 3.06. The monoisotopic (exact) mass is 271 g/mol. The van der Waals surface area contributed by atoms with Gasteiger partial charge in [0.15, 0.2) is 0 Å². The number of aliphatic hydroxyl groups is 1. The zero-order valence-electron chi connectivity index (χ0n) is 10.4. The number of anilines is 2. The molecule has 0 bridgehead atoms. The zero-order chi connectivity index (χ0) is 13.0. The van der Waals surface area contributed by atoms with Gasteiger partial charge in [-0.3, -0.25) is 0 Å². The summed E-state index contributed by atoms with van der Waals surface area (Å²) in [5.41, 5.74) is 0.0100. The maximum atomic E-state index is 9.23. The zero-order valence-corrected chi connectivity index (χ0v) is 11.2. The van der Waals surface area contributed by atoms with Crippen molar-refractivity contribution in [2.24, 2.45) is 5.41 Å². The van der Waals surface area contributed by atoms with E-state index in [1.807, 2.05) is 0 Å². The largest absolute Gasteiger partial charge is 0.396 e. The molecule has 7 heteroatoms. The van der Waals surface area contributed by atoms with E-state index in [-0.39, 0.29) is 17.3 Å². The van der Waals surface area contributed by atoms with Crippen molar-refractivity contribution in [3.63, 3.8) is 0 Å². The second kappa shape index (κ2) is 5.67. The molecule has 0 spiro atoms. The summed E-state index contributed by atoms with van der Waals surface area (Å²) in [5, 5.41) is 15.6. The first-order valence-corrected chi connectivity index (χ1v) is 6.55. The molecule has 100 valence electrons. The fourth-order valence-corrected chi connectivity index (χ4v) is 1.74. The first-order chi connectivity index (χ1) is 8.67. The van der Waals surface area contributed by atoms with Gasteiger partial charge >= 0.3 is 0 Å². The van der Waals surface area contributed by atoms with Crippen molar-refractivity contribution < 1.29 is 5.11 Å². The molecule has 18 heavy (non-hydrogen) atoms. The number of nitrogens with one attached hydrogen (secondary N) is 2. The van der Waals surface area contributed by atoms with E-state index in [0.29, 0.717) is 18.4 Å². The van der Waals surface area contributed by atoms with Crippen LogP contribution in [0, 0.1) is 5.41 Å². The minimum atomic E-state index is 0.0100. The number of rotatable bonds is 7. The molecule has 1 aromatic rings. The Labute approximate surface area is 111 Å². The van der Waals surface area contributed by atoms with E-state index in [2.05, 4.69) is 32.5 Å². The van der Waals surface area contributed by atoms with Crippen molar-refractivity contribution in [2.75, 3.05) is 30.3 Å². The van der Waals surface area contributed by atoms with Crippen LogP contribution in [0.5, 0.6) is 0 Å². The smallest absolute Gasteiger partial charge is 0.228 e. The molecule has 1 saturated carbocycles. The molecular weight excluding hydrogens is 254 g/mol. The van der Waals surface area contributed by atoms with Gasteiger partial charge < -0.3 is 15.7 Å². The standard InChI is InChI=1S/C11H18ClN5O/c1-2-5-13-9-15-8(12)16-10(17-9)14-6-11(7-18)3-4-11/h18H,2-7H2,1H3,(H2,13,14,15,16,17). The maximum absolute atomic E-state index is 9.23. The van der Waals surface area contributed by atoms with Gasteiger partial charge in [-0.25, -0.2) is 0 Å². The molecule has 1 aliphatic rings. The normalized spacial score (nSPS) is 16.4. The number of aliphatic hydroxyl groups excluding tert-OH is 1. The highest BCUT2D eigenvalue weighted by Crippen LogP contribution is 2.44. The molecule has 1 heterocycles. The highest BCUT2D eigenvalue weighted by molar-refractivity contribution is 6.28. The third kappa shape index (κ3) is 3.43. The topological polar surface area (TPSA) is 83.0 Å². The molecule has 0 atom stereocenters. The summed E-state index contributed by atoms with van der Waals surface area (Å²) in [6, 6.07) is 0. The van der Waals surface area contributed by atoms with Gasteiger partial charge in [-0.05, 0) is 30.9 Å². The molecule has 0 aromatic carbocycles. The van der Waals surface area contributed by atoms with Crippen molar-refractivity contribution in [1.29, 1.82) is 0 Å². The Hall–Kier alpha value is -1.14. The van der Waals surface area contributed by atoms with Crippen LogP contribution in [0.15, 0.2) is 0 Å². The van der Waals surface area contributed by atoms with Gasteiger partial charge in [0.1, 0.15) is 0 Å². The first-order valence-electron chi connectivity index (χ1n) is 6.18. The van der Waals surface area contributed by atoms with Crippen LogP contribution in [0.4, 0.5) is 11.9 Å². The van der Waals surface area contributed by atoms with Crippen LogP contribution in [-0.4, -0.2) is 39.8 Å². The van der Waals surface area contributed by atoms with Gasteiger partial charge in [-0.1, -0.05) is 6.92 Å². The molecule has 0 aliphatic heterocycles. The highest BCUT2D eigenvalue weighted by Gasteiger charge is 2.41. The summed E-state index contributed by atoms with van der Waals surface area (Å²) in [4.78, 5) is 12.2. The van der Waals surface area contributed by atoms with Crippen LogP contribution in [-0.2, 0) is 0 Å². The van der Waals surface area contributed by atoms with Gasteiger partial charge in [0.2, 0.25) is 17.2 Å². The minimum absolute atomic E-state index is 0.0100. The predicted octanol–water partition coefficient (Wildman–Crippen LogP) is 1.53. The van der Waals surface area contributed by atoms with Gasteiger partial charge in [0.25, 0.3) is 0 Å². The lowest BCUT2D eigenvalue weighted by Crippen LogP contribution is -2.20. The van der Waals surface area contributed by atoms with Gasteiger partial charge in [-0.2, -0.15) is 15.0 Å². The van der Waals surface area contributed by atoms with Crippen LogP contribution in [0.25, 0.3) is 0 Å². The van der Waals surface area contributed by atoms with Crippen LogP contribution in [0.3, 0.4) is 0 Å². The lowest BCUT2D eigenvalue weighted by atomic mass is 10.1. The Morgan fingerprint density at radius 2 is 1.89 bits per heavy atom. The van der Waals surface area contributed by atoms with E-state index in [0.717, 1.165) is 25.8 Å². The van der Waals surface area contributed by atoms with Gasteiger partial charge in [-0.15, -0.1) is 0 Å². The molecule has 3 N–H and O–H groups in total. The molecule has 0 radical (unpaired) electrons. The molecule has 0 saturated heterocycles. The van der Waals surface area contributed by atoms with Crippen molar-refractivity contribution in [3.8, 4) is 0 Å². The first kappa shape index (κ1) is 13.3. The third-order valence-corrected chi connectivity index (χ3v) is 3.22. The maximum Gasteiger partial charge on any atom is 0.228 e. The Balaban J connectivity index is 1.96. The van der Waals surface area contributed by atoms with Gasteiger partial charge in [0, 0.05) is 18.5 Å². The van der Waals surface area contributed by atoms with E-state index < -0.39 is 0 Å². The molecule has 1 aliphatic carbocycles. The molecular formula is C11H18ClN5O. The number of aromatic nitrogens is 3. The lowest BCUT2D eigenvalue weighted by Gasteiger charge is -2.13. The minimum Gasteiger partial charge on any atom is -0.396 e. The van der Waals surface area contributed by atoms with E-state index in [1.54, 1.807) is 0 Å². The molecule has 1 fully saturated rings. The molecule has 2 rings (SSSR count). The van der Waals surface area contributed by atoms with Crippen LogP contribution in [0.1, 0.15) is 26.2 Å². The molecule has 0 amide bonds. The fraction of sp³-hybridized carbons (Fsp3) is 0.727. The Kier molecular flexibility index (Phi) is 4.19. The summed E-state index contributed by atoms with van der Waals surface area (Å²) in [6.45, 7) is 3.71. The number of hydrogen-bond donors (Lipinski definition) is 3. The second-order valence-corrected chi connectivity index (χ2v) is 5.03. The Morgan fingerprint density at radius 3 is 2.44 bits per heavy atom. The quantitative estimate of drug-likeness (QED) is 0.698. The Bertz CT molecular complexity index is 410. The number of nitrogens with zero attached hydrogens (tertiary/aromatic N) is 3. The van der Waals surface area contributed by atoms with Gasteiger partial charge in [0.05, 0.1) is 6.61 Å². The number of halogens is 1. The van der Waals surface area contributed by atoms with Crippen molar-refractivity contribution in [1.82, 2.24) is 15.0 Å². The van der Waals surface area contributed by atoms with E-state index >= 15 is 0 Å². The summed E-state index contributed by atoms with van der Waals surface area (Å²) < 4.78 is 0. The fourth-order valence-electron chi connectivity index (χ4n) is 1.58. The van der Waals surface area contributed by atoms with Crippen molar-refractivity contribution >= 4 is 23.5 Å². The lowest BCUT2D eigenvalue weighted by molar-refractivity contribution is 0.219. The van der Waals surface area contributed by atoms with E-state index in [1.165, 1.54) is 0 Å². The predicted molar refractivity (Wildman–Crippen MR) is 70.9 cm³/mol. The Morgan fingerprint density at radius 1 is 1.22 bits per heavy atom. The SMILES string of the molecule is CCCNc1nc(Cl)nc(NCC2(CO)CC2)n1. The summed E-state index contributed by atoms with van der Waals surface area (Å²) in [7, 11) is 0. The summed E-state index contributed by atoms with van der Waals surface area (Å²) >= 11 is 5.84. The van der Waals surface area contributed by atoms with Crippen LogP contribution in [0.2, 0.25) is 5.28 Å². The van der Waals surface area contributed by atoms with Crippen LogP contribution >= 0.6 is 11.6 Å². The van der Waals surface area contributed by atoms with E-state index in [9.17, 15) is 5.11 Å². The molecule has 1 aromatic heterocycles. The molecule has 0 unspecified atom stereocenters. The highest BCUT2D eigenvalue weighted by atomic mass is 35.5. The third-order valence-electron chi connectivity index (χ3n) is 3.06. The second-order valence-electron chi connectivity index (χ2n) is 4.69. The molecule has 6 nitrogen and oxygen atoms in total. The average Bonchev–Trinajstić information content (AvgIpc) is 3.14. The number of hydrogen-bond acceptors (Lipinski definition) is 6. The van der Waals surface area contributed by atoms with Crippen molar-refractivity contribution in [3.05, 3.63) is 5.28 Å². The van der Waals surface area contributed by atoms with E-state index in [4.69, 9.17) is 11.6 Å². The van der Waals surface area contributed by atoms with Crippen molar-refractivity contribution in [2.45, 2.75) is 26.2 Å².